The van der Waals surface area contributed by atoms with Crippen molar-refractivity contribution in [3.8, 4) is 0 Å². The fourth-order valence-electron chi connectivity index (χ4n) is 3.58. The molecule has 1 N–H and O–H groups in total. The Morgan fingerprint density at radius 3 is 2.27 bits per heavy atom. The topological polar surface area (TPSA) is 66.8 Å². The number of hydrogen-bond acceptors (Lipinski definition) is 3. The summed E-state index contributed by atoms with van der Waals surface area (Å²) in [6.45, 7) is 6.90. The Labute approximate surface area is 153 Å². The number of nitrogens with zero attached hydrogens (tertiary/aromatic N) is 1. The number of ether oxygens (including phenoxy) is 1. The van der Waals surface area contributed by atoms with Gasteiger partial charge in [0.25, 0.3) is 0 Å². The molecule has 0 radical (unpaired) electrons. The third-order valence-electron chi connectivity index (χ3n) is 4.77. The number of carboxylic acid groups (broad SMARTS) is 1. The molecule has 0 aromatic heterocycles. The summed E-state index contributed by atoms with van der Waals surface area (Å²) in [4.78, 5) is 25.5. The summed E-state index contributed by atoms with van der Waals surface area (Å²) in [5.41, 5.74) is 1.00. The van der Waals surface area contributed by atoms with Gasteiger partial charge < -0.3 is 14.7 Å². The van der Waals surface area contributed by atoms with Crippen LogP contribution in [-0.4, -0.2) is 40.8 Å². The Morgan fingerprint density at radius 2 is 1.65 bits per heavy atom. The van der Waals surface area contributed by atoms with Crippen molar-refractivity contribution in [2.45, 2.75) is 45.1 Å². The molecular weight excluding hydrogens is 330 g/mol. The van der Waals surface area contributed by atoms with Crippen LogP contribution in [0.15, 0.2) is 36.4 Å². The maximum atomic E-state index is 12.2. The first-order valence-electron chi connectivity index (χ1n) is 8.99. The summed E-state index contributed by atoms with van der Waals surface area (Å²) in [5.74, 6) is -0.603. The third kappa shape index (κ3) is 3.82. The van der Waals surface area contributed by atoms with Gasteiger partial charge in [-0.25, -0.2) is 9.59 Å². The number of hydrogen-bond donors (Lipinski definition) is 1. The Morgan fingerprint density at radius 1 is 1.04 bits per heavy atom. The van der Waals surface area contributed by atoms with Crippen LogP contribution < -0.4 is 0 Å². The van der Waals surface area contributed by atoms with Crippen LogP contribution in [0.4, 0.5) is 4.79 Å². The van der Waals surface area contributed by atoms with E-state index in [1.54, 1.807) is 17.0 Å². The first-order valence-corrected chi connectivity index (χ1v) is 8.99. The van der Waals surface area contributed by atoms with E-state index in [0.29, 0.717) is 24.6 Å². The lowest BCUT2D eigenvalue weighted by atomic mass is 9.85. The fraction of sp³-hybridized carbons (Fsp3) is 0.429. The van der Waals surface area contributed by atoms with Crippen LogP contribution in [0.2, 0.25) is 0 Å². The number of fused-ring (bicyclic) bond motifs is 1. The van der Waals surface area contributed by atoms with Crippen LogP contribution in [0, 0.1) is 0 Å². The van der Waals surface area contributed by atoms with Gasteiger partial charge in [0.15, 0.2) is 0 Å². The van der Waals surface area contributed by atoms with Gasteiger partial charge in [-0.3, -0.25) is 0 Å². The highest BCUT2D eigenvalue weighted by Crippen LogP contribution is 2.34. The lowest BCUT2D eigenvalue weighted by Gasteiger charge is -2.34. The minimum atomic E-state index is -0.910. The van der Waals surface area contributed by atoms with E-state index in [1.807, 2.05) is 39.0 Å². The van der Waals surface area contributed by atoms with Crippen LogP contribution in [0.5, 0.6) is 0 Å². The first kappa shape index (κ1) is 18.2. The number of amides is 1. The van der Waals surface area contributed by atoms with E-state index < -0.39 is 11.6 Å². The molecule has 3 rings (SSSR count). The van der Waals surface area contributed by atoms with E-state index in [2.05, 4.69) is 6.07 Å². The van der Waals surface area contributed by atoms with Crippen molar-refractivity contribution in [1.29, 1.82) is 0 Å². The van der Waals surface area contributed by atoms with Crippen LogP contribution in [0.3, 0.4) is 0 Å². The van der Waals surface area contributed by atoms with Gasteiger partial charge in [-0.05, 0) is 61.9 Å². The molecule has 1 aliphatic heterocycles. The third-order valence-corrected chi connectivity index (χ3v) is 4.77. The van der Waals surface area contributed by atoms with Crippen molar-refractivity contribution in [1.82, 2.24) is 4.90 Å². The van der Waals surface area contributed by atoms with Gasteiger partial charge in [-0.2, -0.15) is 0 Å². The predicted octanol–water partition coefficient (Wildman–Crippen LogP) is 4.65. The van der Waals surface area contributed by atoms with Crippen molar-refractivity contribution in [3.05, 3.63) is 47.5 Å². The summed E-state index contributed by atoms with van der Waals surface area (Å²) in [6, 6.07) is 11.3. The maximum absolute atomic E-state index is 12.2. The van der Waals surface area contributed by atoms with E-state index in [9.17, 15) is 14.7 Å². The van der Waals surface area contributed by atoms with Crippen LogP contribution in [0.25, 0.3) is 10.8 Å². The summed E-state index contributed by atoms with van der Waals surface area (Å²) in [6.07, 6.45) is 1.42. The number of rotatable bonds is 2. The number of benzene rings is 2. The molecule has 1 heterocycles. The number of likely N-dealkylation sites (tertiary alicyclic amines) is 1. The SMILES string of the molecule is CC(C)(C)OC(=O)N1CCC(c2cccc3c(C(=O)O)cccc23)CC1. The molecule has 5 heteroatoms. The van der Waals surface area contributed by atoms with Crippen LogP contribution in [-0.2, 0) is 4.74 Å². The molecule has 2 aromatic carbocycles. The summed E-state index contributed by atoms with van der Waals surface area (Å²) < 4.78 is 5.45. The molecule has 0 atom stereocenters. The van der Waals surface area contributed by atoms with Crippen molar-refractivity contribution >= 4 is 22.8 Å². The number of aromatic carboxylic acids is 1. The second kappa shape index (κ2) is 6.98. The molecule has 26 heavy (non-hydrogen) atoms. The average molecular weight is 355 g/mol. The molecule has 138 valence electrons. The minimum absolute atomic E-state index is 0.262. The van der Waals surface area contributed by atoms with Crippen molar-refractivity contribution in [2.75, 3.05) is 13.1 Å². The largest absolute Gasteiger partial charge is 0.478 e. The second-order valence-electron chi connectivity index (χ2n) is 7.79. The summed E-state index contributed by atoms with van der Waals surface area (Å²) in [5, 5.41) is 11.2. The first-order chi connectivity index (χ1) is 12.3. The average Bonchev–Trinajstić information content (AvgIpc) is 2.59. The molecule has 1 aliphatic rings. The summed E-state index contributed by atoms with van der Waals surface area (Å²) >= 11 is 0. The molecular formula is C21H25NO4. The Kier molecular flexibility index (Phi) is 4.90. The molecule has 0 unspecified atom stereocenters. The Hall–Kier alpha value is -2.56. The molecule has 1 fully saturated rings. The van der Waals surface area contributed by atoms with Gasteiger partial charge in [0.05, 0.1) is 5.56 Å². The molecule has 1 saturated heterocycles. The maximum Gasteiger partial charge on any atom is 0.410 e. The number of piperidine rings is 1. The highest BCUT2D eigenvalue weighted by Gasteiger charge is 2.28. The highest BCUT2D eigenvalue weighted by atomic mass is 16.6. The normalized spacial score (nSPS) is 15.9. The van der Waals surface area contributed by atoms with E-state index in [-0.39, 0.29) is 6.09 Å². The lowest BCUT2D eigenvalue weighted by molar-refractivity contribution is 0.0205. The molecule has 0 bridgehead atoms. The molecule has 2 aromatic rings. The van der Waals surface area contributed by atoms with Gasteiger partial charge >= 0.3 is 12.1 Å². The molecule has 0 aliphatic carbocycles. The Balaban J connectivity index is 1.79. The zero-order chi connectivity index (χ0) is 18.9. The number of carboxylic acids is 1. The fourth-order valence-corrected chi connectivity index (χ4v) is 3.58. The van der Waals surface area contributed by atoms with Crippen molar-refractivity contribution < 1.29 is 19.4 Å². The van der Waals surface area contributed by atoms with E-state index in [4.69, 9.17) is 4.74 Å². The van der Waals surface area contributed by atoms with Gasteiger partial charge in [-0.1, -0.05) is 30.3 Å². The standard InChI is InChI=1S/C21H25NO4/c1-21(2,3)26-20(25)22-12-10-14(11-13-22)15-6-4-8-17-16(15)7-5-9-18(17)19(23)24/h4-9,14H,10-13H2,1-3H3,(H,23,24). The smallest absolute Gasteiger partial charge is 0.410 e. The molecule has 0 spiro atoms. The van der Waals surface area contributed by atoms with E-state index >= 15 is 0 Å². The van der Waals surface area contributed by atoms with Gasteiger partial charge in [0.1, 0.15) is 5.60 Å². The molecule has 5 nitrogen and oxygen atoms in total. The monoisotopic (exact) mass is 355 g/mol. The predicted molar refractivity (Wildman–Crippen MR) is 101 cm³/mol. The van der Waals surface area contributed by atoms with Crippen LogP contribution >= 0.6 is 0 Å². The number of carbonyl (C=O) groups is 2. The minimum Gasteiger partial charge on any atom is -0.478 e. The van der Waals surface area contributed by atoms with Gasteiger partial charge in [-0.15, -0.1) is 0 Å². The van der Waals surface area contributed by atoms with Crippen LogP contribution in [0.1, 0.15) is 55.5 Å². The van der Waals surface area contributed by atoms with Crippen molar-refractivity contribution in [3.63, 3.8) is 0 Å². The lowest BCUT2D eigenvalue weighted by Crippen LogP contribution is -2.41. The zero-order valence-electron chi connectivity index (χ0n) is 15.5. The van der Waals surface area contributed by atoms with E-state index in [1.165, 1.54) is 0 Å². The zero-order valence-corrected chi connectivity index (χ0v) is 15.5. The van der Waals surface area contributed by atoms with E-state index in [0.717, 1.165) is 29.2 Å². The van der Waals surface area contributed by atoms with Crippen molar-refractivity contribution in [2.24, 2.45) is 0 Å². The number of carbonyl (C=O) groups excluding carboxylic acids is 1. The Bertz CT molecular complexity index is 830. The summed E-state index contributed by atoms with van der Waals surface area (Å²) in [7, 11) is 0. The van der Waals surface area contributed by atoms with Gasteiger partial charge in [0, 0.05) is 13.1 Å². The second-order valence-corrected chi connectivity index (χ2v) is 7.79. The molecule has 1 amide bonds. The van der Waals surface area contributed by atoms with Gasteiger partial charge in [0.2, 0.25) is 0 Å². The molecule has 0 saturated carbocycles. The quantitative estimate of drug-likeness (QED) is 0.851. The highest BCUT2D eigenvalue weighted by molar-refractivity contribution is 6.04.